The minimum absolute atomic E-state index is 0.126. The number of benzene rings is 3. The van der Waals surface area contributed by atoms with E-state index in [4.69, 9.17) is 21.1 Å². The van der Waals surface area contributed by atoms with Gasteiger partial charge in [-0.15, -0.1) is 0 Å². The molecule has 0 N–H and O–H groups in total. The van der Waals surface area contributed by atoms with E-state index in [9.17, 15) is 9.59 Å². The Morgan fingerprint density at radius 3 is 2.32 bits per heavy atom. The van der Waals surface area contributed by atoms with Crippen LogP contribution in [0.15, 0.2) is 78.4 Å². The minimum Gasteiger partial charge on any atom is -0.497 e. The summed E-state index contributed by atoms with van der Waals surface area (Å²) in [5, 5.41) is 0.553. The number of ether oxygens (including phenoxy) is 2. The second kappa shape index (κ2) is 10.0. The van der Waals surface area contributed by atoms with Crippen molar-refractivity contribution in [1.29, 1.82) is 0 Å². The van der Waals surface area contributed by atoms with Gasteiger partial charge in [0.05, 0.1) is 19.9 Å². The molecule has 0 spiro atoms. The molecule has 1 atom stereocenters. The Morgan fingerprint density at radius 1 is 0.971 bits per heavy atom. The van der Waals surface area contributed by atoms with E-state index in [-0.39, 0.29) is 18.4 Å². The number of methoxy groups -OCH3 is 2. The van der Waals surface area contributed by atoms with E-state index in [0.29, 0.717) is 27.9 Å². The van der Waals surface area contributed by atoms with Gasteiger partial charge < -0.3 is 9.47 Å². The number of halogens is 1. The number of hydrogen-bond donors (Lipinski definition) is 0. The maximum atomic E-state index is 14.0. The zero-order chi connectivity index (χ0) is 24.2. The fraction of sp³-hybridized carbons (Fsp3) is 0.185. The summed E-state index contributed by atoms with van der Waals surface area (Å²) >= 11 is 6.07. The zero-order valence-corrected chi connectivity index (χ0v) is 20.0. The molecule has 1 fully saturated rings. The third-order valence-corrected chi connectivity index (χ3v) is 5.98. The van der Waals surface area contributed by atoms with E-state index in [1.807, 2.05) is 43.3 Å². The molecule has 1 unspecified atom stereocenters. The average molecular weight is 477 g/mol. The highest BCUT2D eigenvalue weighted by molar-refractivity contribution is 6.30. The first-order valence-corrected chi connectivity index (χ1v) is 11.1. The van der Waals surface area contributed by atoms with Gasteiger partial charge in [0.15, 0.2) is 0 Å². The van der Waals surface area contributed by atoms with Gasteiger partial charge in [-0.05, 0) is 54.5 Å². The van der Waals surface area contributed by atoms with Crippen molar-refractivity contribution in [2.75, 3.05) is 30.6 Å². The number of carbonyl (C=O) groups excluding carboxylic acids is 2. The number of piperazine rings is 1. The first kappa shape index (κ1) is 23.4. The normalized spacial score (nSPS) is 16.6. The molecule has 2 amide bonds. The second-order valence-corrected chi connectivity index (χ2v) is 8.34. The molecular weight excluding hydrogens is 452 g/mol. The molecule has 1 aliphatic rings. The number of rotatable bonds is 6. The predicted molar refractivity (Wildman–Crippen MR) is 135 cm³/mol. The molecule has 0 bridgehead atoms. The third-order valence-electron chi connectivity index (χ3n) is 5.73. The molecule has 1 heterocycles. The van der Waals surface area contributed by atoms with Gasteiger partial charge in [-0.3, -0.25) is 19.4 Å². The Labute approximate surface area is 204 Å². The third kappa shape index (κ3) is 4.63. The minimum atomic E-state index is -0.838. The summed E-state index contributed by atoms with van der Waals surface area (Å²) in [6.45, 7) is 1.74. The van der Waals surface area contributed by atoms with Crippen molar-refractivity contribution in [1.82, 2.24) is 0 Å². The van der Waals surface area contributed by atoms with E-state index in [1.165, 1.54) is 12.0 Å². The quantitative estimate of drug-likeness (QED) is 0.490. The summed E-state index contributed by atoms with van der Waals surface area (Å²) in [6.07, 6.45) is 1.92. The Balaban J connectivity index is 1.81. The zero-order valence-electron chi connectivity index (χ0n) is 19.2. The molecule has 3 aromatic rings. The number of hydrogen-bond acceptors (Lipinski definition) is 4. The summed E-state index contributed by atoms with van der Waals surface area (Å²) in [6, 6.07) is 20.9. The fourth-order valence-electron chi connectivity index (χ4n) is 4.09. The summed E-state index contributed by atoms with van der Waals surface area (Å²) in [5.74, 6) is 0.591. The van der Waals surface area contributed by atoms with Gasteiger partial charge in [0.1, 0.15) is 24.1 Å². The van der Waals surface area contributed by atoms with Crippen molar-refractivity contribution >= 4 is 40.9 Å². The summed E-state index contributed by atoms with van der Waals surface area (Å²) < 4.78 is 10.8. The van der Waals surface area contributed by atoms with Crippen LogP contribution in [0.5, 0.6) is 11.5 Å². The SMILES string of the molecule is COc1ccc(N2CC(=O)N(c3ccc(Cl)cc3)C(/C(C)=C/c3ccccc3)C2=O)c(OC)c1. The van der Waals surface area contributed by atoms with Crippen LogP contribution in [0, 0.1) is 0 Å². The molecule has 0 saturated carbocycles. The van der Waals surface area contributed by atoms with E-state index in [0.717, 1.165) is 11.1 Å². The molecular formula is C27H25ClN2O4. The molecule has 3 aromatic carbocycles. The lowest BCUT2D eigenvalue weighted by Crippen LogP contribution is -2.61. The Kier molecular flexibility index (Phi) is 6.89. The van der Waals surface area contributed by atoms with Gasteiger partial charge >= 0.3 is 0 Å². The second-order valence-electron chi connectivity index (χ2n) is 7.90. The van der Waals surface area contributed by atoms with Gasteiger partial charge in [0.2, 0.25) is 5.91 Å². The lowest BCUT2D eigenvalue weighted by molar-refractivity contribution is -0.127. The van der Waals surface area contributed by atoms with E-state index in [2.05, 4.69) is 0 Å². The largest absolute Gasteiger partial charge is 0.497 e. The molecule has 1 saturated heterocycles. The number of carbonyl (C=O) groups is 2. The van der Waals surface area contributed by atoms with E-state index >= 15 is 0 Å². The van der Waals surface area contributed by atoms with E-state index in [1.54, 1.807) is 54.5 Å². The molecule has 7 heteroatoms. The molecule has 0 radical (unpaired) electrons. The predicted octanol–water partition coefficient (Wildman–Crippen LogP) is 5.21. The molecule has 4 rings (SSSR count). The molecule has 34 heavy (non-hydrogen) atoms. The summed E-state index contributed by atoms with van der Waals surface area (Å²) in [4.78, 5) is 30.5. The average Bonchev–Trinajstić information content (AvgIpc) is 2.85. The van der Waals surface area contributed by atoms with Gasteiger partial charge in [-0.2, -0.15) is 0 Å². The van der Waals surface area contributed by atoms with Crippen molar-refractivity contribution in [3.8, 4) is 11.5 Å². The standard InChI is InChI=1S/C27H25ClN2O4/c1-18(15-19-7-5-4-6-8-19)26-27(32)29(23-14-13-22(33-2)16-24(23)34-3)17-25(31)30(26)21-11-9-20(28)10-12-21/h4-16,26H,17H2,1-3H3/b18-15+. The first-order chi connectivity index (χ1) is 16.4. The molecule has 0 aliphatic carbocycles. The molecule has 174 valence electrons. The van der Waals surface area contributed by atoms with Crippen LogP contribution in [-0.2, 0) is 9.59 Å². The maximum absolute atomic E-state index is 14.0. The van der Waals surface area contributed by atoms with Crippen LogP contribution in [-0.4, -0.2) is 38.6 Å². The van der Waals surface area contributed by atoms with Crippen LogP contribution < -0.4 is 19.3 Å². The van der Waals surface area contributed by atoms with Crippen molar-refractivity contribution in [3.63, 3.8) is 0 Å². The van der Waals surface area contributed by atoms with Gasteiger partial charge in [-0.25, -0.2) is 0 Å². The van der Waals surface area contributed by atoms with Crippen molar-refractivity contribution in [2.24, 2.45) is 0 Å². The van der Waals surface area contributed by atoms with Crippen LogP contribution in [0.4, 0.5) is 11.4 Å². The molecule has 1 aliphatic heterocycles. The van der Waals surface area contributed by atoms with Gasteiger partial charge in [0, 0.05) is 16.8 Å². The molecule has 6 nitrogen and oxygen atoms in total. The van der Waals surface area contributed by atoms with Crippen LogP contribution >= 0.6 is 11.6 Å². The fourth-order valence-corrected chi connectivity index (χ4v) is 4.21. The van der Waals surface area contributed by atoms with Crippen molar-refractivity contribution < 1.29 is 19.1 Å². The summed E-state index contributed by atoms with van der Waals surface area (Å²) in [5.41, 5.74) is 2.79. The van der Waals surface area contributed by atoms with Crippen LogP contribution in [0.1, 0.15) is 12.5 Å². The monoisotopic (exact) mass is 476 g/mol. The Hall–Kier alpha value is -3.77. The lowest BCUT2D eigenvalue weighted by Gasteiger charge is -2.41. The van der Waals surface area contributed by atoms with E-state index < -0.39 is 6.04 Å². The van der Waals surface area contributed by atoms with Crippen LogP contribution in [0.2, 0.25) is 5.02 Å². The Morgan fingerprint density at radius 2 is 1.68 bits per heavy atom. The smallest absolute Gasteiger partial charge is 0.255 e. The number of nitrogens with zero attached hydrogens (tertiary/aromatic N) is 2. The Bertz CT molecular complexity index is 1230. The first-order valence-electron chi connectivity index (χ1n) is 10.8. The van der Waals surface area contributed by atoms with Gasteiger partial charge in [0.25, 0.3) is 5.91 Å². The van der Waals surface area contributed by atoms with Gasteiger partial charge in [-0.1, -0.05) is 48.0 Å². The van der Waals surface area contributed by atoms with Crippen molar-refractivity contribution in [3.05, 3.63) is 89.0 Å². The highest BCUT2D eigenvalue weighted by Gasteiger charge is 2.42. The van der Waals surface area contributed by atoms with Crippen molar-refractivity contribution in [2.45, 2.75) is 13.0 Å². The highest BCUT2D eigenvalue weighted by atomic mass is 35.5. The number of anilines is 2. The highest BCUT2D eigenvalue weighted by Crippen LogP contribution is 2.36. The van der Waals surface area contributed by atoms with Crippen LogP contribution in [0.3, 0.4) is 0 Å². The topological polar surface area (TPSA) is 59.1 Å². The number of amides is 2. The summed E-state index contributed by atoms with van der Waals surface area (Å²) in [7, 11) is 3.08. The maximum Gasteiger partial charge on any atom is 0.255 e. The van der Waals surface area contributed by atoms with Crippen LogP contribution in [0.25, 0.3) is 6.08 Å². The molecule has 0 aromatic heterocycles. The lowest BCUT2D eigenvalue weighted by atomic mass is 9.98.